The van der Waals surface area contributed by atoms with Gasteiger partial charge in [-0.2, -0.15) is 0 Å². The summed E-state index contributed by atoms with van der Waals surface area (Å²) in [5.41, 5.74) is 4.52. The van der Waals surface area contributed by atoms with Crippen molar-refractivity contribution in [1.29, 1.82) is 0 Å². The van der Waals surface area contributed by atoms with E-state index in [2.05, 4.69) is 70.4 Å². The van der Waals surface area contributed by atoms with Crippen molar-refractivity contribution in [2.75, 3.05) is 0 Å². The Kier molecular flexibility index (Phi) is 3.75. The molecule has 2 aromatic rings. The first-order valence-corrected chi connectivity index (χ1v) is 7.50. The number of hydrogen-bond donors (Lipinski definition) is 0. The van der Waals surface area contributed by atoms with Gasteiger partial charge in [-0.05, 0) is 44.7 Å². The number of hydrogen-bond acceptors (Lipinski definition) is 0. The standard InChI is InChI=1S/C18H27N/c1-7-10-16-14(4)15-11-8-9-12-17(15)19(16)18(5,6)13(2)3/h8-9,11-13H,7,10H2,1-6H3. The second kappa shape index (κ2) is 5.03. The zero-order valence-electron chi connectivity index (χ0n) is 13.2. The molecule has 2 rings (SSSR count). The third-order valence-electron chi connectivity index (χ3n) is 4.73. The van der Waals surface area contributed by atoms with Gasteiger partial charge in [0.15, 0.2) is 0 Å². The summed E-state index contributed by atoms with van der Waals surface area (Å²) in [6.45, 7) is 13.9. The topological polar surface area (TPSA) is 4.93 Å². The van der Waals surface area contributed by atoms with Crippen LogP contribution in [-0.2, 0) is 12.0 Å². The van der Waals surface area contributed by atoms with Gasteiger partial charge in [-0.3, -0.25) is 0 Å². The monoisotopic (exact) mass is 257 g/mol. The highest BCUT2D eigenvalue weighted by atomic mass is 15.1. The minimum absolute atomic E-state index is 0.151. The molecule has 19 heavy (non-hydrogen) atoms. The predicted octanol–water partition coefficient (Wildman–Crippen LogP) is 5.29. The molecule has 1 heterocycles. The third-order valence-corrected chi connectivity index (χ3v) is 4.73. The molecule has 0 saturated carbocycles. The quantitative estimate of drug-likeness (QED) is 0.701. The van der Waals surface area contributed by atoms with Crippen molar-refractivity contribution in [3.8, 4) is 0 Å². The summed E-state index contributed by atoms with van der Waals surface area (Å²) in [5.74, 6) is 0.610. The zero-order valence-corrected chi connectivity index (χ0v) is 13.2. The average molecular weight is 257 g/mol. The van der Waals surface area contributed by atoms with E-state index < -0.39 is 0 Å². The Morgan fingerprint density at radius 2 is 1.79 bits per heavy atom. The molecule has 1 aromatic heterocycles. The van der Waals surface area contributed by atoms with E-state index in [1.807, 2.05) is 0 Å². The molecule has 0 spiro atoms. The Balaban J connectivity index is 2.80. The van der Waals surface area contributed by atoms with Gasteiger partial charge >= 0.3 is 0 Å². The zero-order chi connectivity index (χ0) is 14.2. The molecule has 0 saturated heterocycles. The largest absolute Gasteiger partial charge is 0.339 e. The van der Waals surface area contributed by atoms with Crippen LogP contribution in [0.3, 0.4) is 0 Å². The van der Waals surface area contributed by atoms with Crippen LogP contribution in [0.2, 0.25) is 0 Å². The first kappa shape index (κ1) is 14.2. The molecule has 1 nitrogen and oxygen atoms in total. The molecule has 0 atom stereocenters. The lowest BCUT2D eigenvalue weighted by molar-refractivity contribution is 0.252. The van der Waals surface area contributed by atoms with Gasteiger partial charge in [0, 0.05) is 22.1 Å². The second-order valence-corrected chi connectivity index (χ2v) is 6.48. The smallest absolute Gasteiger partial charge is 0.0490 e. The first-order valence-electron chi connectivity index (χ1n) is 7.50. The molecule has 1 heteroatoms. The van der Waals surface area contributed by atoms with E-state index in [-0.39, 0.29) is 5.54 Å². The van der Waals surface area contributed by atoms with Gasteiger partial charge in [0.25, 0.3) is 0 Å². The molecule has 0 aliphatic carbocycles. The maximum atomic E-state index is 2.59. The Bertz CT molecular complexity index is 573. The van der Waals surface area contributed by atoms with E-state index in [0.717, 1.165) is 6.42 Å². The van der Waals surface area contributed by atoms with Crippen molar-refractivity contribution in [2.24, 2.45) is 5.92 Å². The van der Waals surface area contributed by atoms with E-state index in [4.69, 9.17) is 0 Å². The van der Waals surface area contributed by atoms with Crippen molar-refractivity contribution < 1.29 is 0 Å². The van der Waals surface area contributed by atoms with Crippen molar-refractivity contribution in [2.45, 2.75) is 59.9 Å². The predicted molar refractivity (Wildman–Crippen MR) is 84.8 cm³/mol. The van der Waals surface area contributed by atoms with E-state index in [1.54, 1.807) is 0 Å². The molecule has 0 amide bonds. The van der Waals surface area contributed by atoms with Crippen LogP contribution in [0.4, 0.5) is 0 Å². The Hall–Kier alpha value is -1.24. The van der Waals surface area contributed by atoms with Crippen molar-refractivity contribution in [3.05, 3.63) is 35.5 Å². The molecule has 0 radical (unpaired) electrons. The van der Waals surface area contributed by atoms with E-state index in [1.165, 1.54) is 28.6 Å². The van der Waals surface area contributed by atoms with Gasteiger partial charge in [-0.25, -0.2) is 0 Å². The third kappa shape index (κ3) is 2.20. The summed E-state index contributed by atoms with van der Waals surface area (Å²) in [4.78, 5) is 0. The summed E-state index contributed by atoms with van der Waals surface area (Å²) >= 11 is 0. The van der Waals surface area contributed by atoms with Crippen molar-refractivity contribution in [3.63, 3.8) is 0 Å². The number of para-hydroxylation sites is 1. The van der Waals surface area contributed by atoms with Gasteiger partial charge < -0.3 is 4.57 Å². The second-order valence-electron chi connectivity index (χ2n) is 6.48. The van der Waals surface area contributed by atoms with E-state index in [0.29, 0.717) is 5.92 Å². The van der Waals surface area contributed by atoms with Crippen LogP contribution in [0.15, 0.2) is 24.3 Å². The first-order chi connectivity index (χ1) is 8.91. The summed E-state index contributed by atoms with van der Waals surface area (Å²) in [7, 11) is 0. The summed E-state index contributed by atoms with van der Waals surface area (Å²) in [6, 6.07) is 8.84. The number of rotatable bonds is 4. The molecule has 0 bridgehead atoms. The van der Waals surface area contributed by atoms with Crippen LogP contribution in [0.25, 0.3) is 10.9 Å². The lowest BCUT2D eigenvalue weighted by Gasteiger charge is -2.34. The molecule has 0 unspecified atom stereocenters. The lowest BCUT2D eigenvalue weighted by atomic mass is 9.89. The fourth-order valence-electron chi connectivity index (χ4n) is 2.91. The fourth-order valence-corrected chi connectivity index (χ4v) is 2.91. The van der Waals surface area contributed by atoms with E-state index >= 15 is 0 Å². The van der Waals surface area contributed by atoms with Crippen LogP contribution in [0, 0.1) is 12.8 Å². The van der Waals surface area contributed by atoms with Crippen molar-refractivity contribution in [1.82, 2.24) is 4.57 Å². The van der Waals surface area contributed by atoms with E-state index in [9.17, 15) is 0 Å². The van der Waals surface area contributed by atoms with Crippen molar-refractivity contribution >= 4 is 10.9 Å². The molecule has 0 aliphatic heterocycles. The Morgan fingerprint density at radius 1 is 1.16 bits per heavy atom. The molecule has 0 aliphatic rings. The Morgan fingerprint density at radius 3 is 2.37 bits per heavy atom. The average Bonchev–Trinajstić information content (AvgIpc) is 2.64. The number of benzene rings is 1. The maximum absolute atomic E-state index is 2.59. The molecule has 0 fully saturated rings. The highest BCUT2D eigenvalue weighted by molar-refractivity contribution is 5.85. The van der Waals surface area contributed by atoms with Crippen LogP contribution in [0.5, 0.6) is 0 Å². The maximum Gasteiger partial charge on any atom is 0.0490 e. The summed E-state index contributed by atoms with van der Waals surface area (Å²) in [5, 5.41) is 1.42. The molecule has 1 aromatic carbocycles. The minimum atomic E-state index is 0.151. The summed E-state index contributed by atoms with van der Waals surface area (Å²) < 4.78 is 2.59. The normalized spacial score (nSPS) is 12.6. The lowest BCUT2D eigenvalue weighted by Crippen LogP contribution is -2.33. The van der Waals surface area contributed by atoms with Crippen LogP contribution in [0.1, 0.15) is 52.3 Å². The van der Waals surface area contributed by atoms with Gasteiger partial charge in [0.2, 0.25) is 0 Å². The number of nitrogens with zero attached hydrogens (tertiary/aromatic N) is 1. The van der Waals surface area contributed by atoms with Crippen LogP contribution >= 0.6 is 0 Å². The number of aryl methyl sites for hydroxylation is 1. The molecule has 104 valence electrons. The van der Waals surface area contributed by atoms with Gasteiger partial charge in [0.1, 0.15) is 0 Å². The molecule has 0 N–H and O–H groups in total. The summed E-state index contributed by atoms with van der Waals surface area (Å²) in [6.07, 6.45) is 2.36. The van der Waals surface area contributed by atoms with Gasteiger partial charge in [0.05, 0.1) is 0 Å². The van der Waals surface area contributed by atoms with Gasteiger partial charge in [-0.1, -0.05) is 45.4 Å². The van der Waals surface area contributed by atoms with Gasteiger partial charge in [-0.15, -0.1) is 0 Å². The number of aromatic nitrogens is 1. The highest BCUT2D eigenvalue weighted by Gasteiger charge is 2.29. The number of fused-ring (bicyclic) bond motifs is 1. The minimum Gasteiger partial charge on any atom is -0.339 e. The SMILES string of the molecule is CCCc1c(C)c2ccccc2n1C(C)(C)C(C)C. The molecular formula is C18H27N. The molecular weight excluding hydrogens is 230 g/mol. The van der Waals surface area contributed by atoms with Crippen LogP contribution < -0.4 is 0 Å². The van der Waals surface area contributed by atoms with Crippen LogP contribution in [-0.4, -0.2) is 4.57 Å². The fraction of sp³-hybridized carbons (Fsp3) is 0.556. The Labute approximate surface area is 117 Å². The highest BCUT2D eigenvalue weighted by Crippen LogP contribution is 2.35.